The molecule has 2 heterocycles. The summed E-state index contributed by atoms with van der Waals surface area (Å²) in [6.45, 7) is 3.10. The van der Waals surface area contributed by atoms with Gasteiger partial charge in [0.2, 0.25) is 0 Å². The highest BCUT2D eigenvalue weighted by atomic mass is 16.5. The fourth-order valence-electron chi connectivity index (χ4n) is 3.29. The highest BCUT2D eigenvalue weighted by Gasteiger charge is 2.25. The highest BCUT2D eigenvalue weighted by molar-refractivity contribution is 5.71. The number of nitrogens with one attached hydrogen (secondary N) is 1. The first-order valence-corrected chi connectivity index (χ1v) is 8.34. The highest BCUT2D eigenvalue weighted by Crippen LogP contribution is 2.31. The summed E-state index contributed by atoms with van der Waals surface area (Å²) in [6, 6.07) is 7.03. The smallest absolute Gasteiger partial charge is 0.149 e. The van der Waals surface area contributed by atoms with E-state index in [4.69, 9.17) is 6.42 Å². The Bertz CT molecular complexity index is 827. The summed E-state index contributed by atoms with van der Waals surface area (Å²) in [5.74, 6) is 3.22. The number of quaternary nitrogens is 1. The Morgan fingerprint density at radius 3 is 2.80 bits per heavy atom. The van der Waals surface area contributed by atoms with Crippen LogP contribution in [0.2, 0.25) is 0 Å². The molecule has 1 fully saturated rings. The van der Waals surface area contributed by atoms with E-state index in [1.54, 1.807) is 19.2 Å². The summed E-state index contributed by atoms with van der Waals surface area (Å²) in [5, 5.41) is 34.1. The molecule has 3 rings (SSSR count). The van der Waals surface area contributed by atoms with E-state index in [0.717, 1.165) is 18.4 Å². The molecular formula is C19H22N4O2. The van der Waals surface area contributed by atoms with Crippen molar-refractivity contribution in [3.8, 4) is 29.4 Å². The monoisotopic (exact) mass is 338 g/mol. The lowest BCUT2D eigenvalue weighted by Gasteiger charge is -2.44. The first-order valence-electron chi connectivity index (χ1n) is 8.34. The molecule has 6 heteroatoms. The molecule has 0 radical (unpaired) electrons. The van der Waals surface area contributed by atoms with E-state index in [1.807, 2.05) is 13.0 Å². The third kappa shape index (κ3) is 3.90. The van der Waals surface area contributed by atoms with Crippen LogP contribution in [-0.4, -0.2) is 46.1 Å². The van der Waals surface area contributed by atoms with Gasteiger partial charge in [0.1, 0.15) is 11.6 Å². The standard InChI is InChI=1S/C19H22N4O2/c1-4-14-7-8-16(17(24)11-14)19-13(2)10-18(21-22-19)20-15-6-5-9-23(3,25)12-15/h1,7-8,10-11,15,24H,5-6,9,12H2,2-3H3,(H,20,21)/t15-,23?/m1/s1. The summed E-state index contributed by atoms with van der Waals surface area (Å²) in [5.41, 5.74) is 2.70. The number of rotatable bonds is 3. The molecule has 1 saturated heterocycles. The molecule has 1 unspecified atom stereocenters. The van der Waals surface area contributed by atoms with Gasteiger partial charge in [0.25, 0.3) is 0 Å². The zero-order chi connectivity index (χ0) is 18.0. The van der Waals surface area contributed by atoms with Gasteiger partial charge < -0.3 is 20.3 Å². The zero-order valence-electron chi connectivity index (χ0n) is 14.5. The molecule has 0 spiro atoms. The van der Waals surface area contributed by atoms with Crippen LogP contribution in [0.3, 0.4) is 0 Å². The van der Waals surface area contributed by atoms with Crippen molar-refractivity contribution in [2.45, 2.75) is 25.8 Å². The van der Waals surface area contributed by atoms with Crippen LogP contribution in [0.5, 0.6) is 5.75 Å². The van der Waals surface area contributed by atoms with Crippen molar-refractivity contribution in [1.29, 1.82) is 0 Å². The number of likely N-dealkylation sites (N-methyl/N-ethyl adjacent to an activating group) is 1. The SMILES string of the molecule is C#Cc1ccc(-c2nnc(N[C@@H]3CCC[N+](C)([O-])C3)cc2C)c(O)c1. The molecule has 25 heavy (non-hydrogen) atoms. The largest absolute Gasteiger partial charge is 0.633 e. The lowest BCUT2D eigenvalue weighted by molar-refractivity contribution is -0.866. The number of aromatic nitrogens is 2. The molecule has 0 bridgehead atoms. The number of hydroxylamine groups is 3. The number of hydrogen-bond acceptors (Lipinski definition) is 5. The minimum atomic E-state index is -0.225. The number of aromatic hydroxyl groups is 1. The summed E-state index contributed by atoms with van der Waals surface area (Å²) in [6.07, 6.45) is 7.20. The number of piperidine rings is 1. The predicted molar refractivity (Wildman–Crippen MR) is 97.7 cm³/mol. The molecule has 2 aromatic rings. The van der Waals surface area contributed by atoms with Gasteiger partial charge in [-0.3, -0.25) is 0 Å². The maximum Gasteiger partial charge on any atom is 0.149 e. The molecule has 130 valence electrons. The number of nitrogens with zero attached hydrogens (tertiary/aromatic N) is 3. The molecule has 2 N–H and O–H groups in total. The molecule has 6 nitrogen and oxygen atoms in total. The predicted octanol–water partition coefficient (Wildman–Crippen LogP) is 2.66. The molecule has 1 aromatic carbocycles. The molecule has 1 aliphatic rings. The number of phenolic OH excluding ortho intramolecular Hbond substituents is 1. The number of anilines is 1. The Hall–Kier alpha value is -2.62. The van der Waals surface area contributed by atoms with Gasteiger partial charge in [-0.1, -0.05) is 5.92 Å². The van der Waals surface area contributed by atoms with Gasteiger partial charge in [-0.25, -0.2) is 0 Å². The molecule has 1 aliphatic heterocycles. The Morgan fingerprint density at radius 2 is 2.16 bits per heavy atom. The van der Waals surface area contributed by atoms with Gasteiger partial charge in [-0.05, 0) is 49.6 Å². The van der Waals surface area contributed by atoms with Gasteiger partial charge in [-0.2, -0.15) is 0 Å². The molecular weight excluding hydrogens is 316 g/mol. The maximum absolute atomic E-state index is 12.1. The van der Waals surface area contributed by atoms with Crippen LogP contribution in [0.25, 0.3) is 11.3 Å². The van der Waals surface area contributed by atoms with Crippen LogP contribution in [0.4, 0.5) is 5.82 Å². The van der Waals surface area contributed by atoms with E-state index in [-0.39, 0.29) is 16.4 Å². The third-order valence-electron chi connectivity index (χ3n) is 4.55. The number of benzene rings is 1. The van der Waals surface area contributed by atoms with E-state index in [0.29, 0.717) is 35.7 Å². The molecule has 0 saturated carbocycles. The lowest BCUT2D eigenvalue weighted by Crippen LogP contribution is -2.50. The van der Waals surface area contributed by atoms with Crippen LogP contribution < -0.4 is 5.32 Å². The molecule has 2 atom stereocenters. The van der Waals surface area contributed by atoms with Crippen LogP contribution in [-0.2, 0) is 0 Å². The van der Waals surface area contributed by atoms with E-state index in [2.05, 4.69) is 21.4 Å². The first-order chi connectivity index (χ1) is 11.9. The fraction of sp³-hybridized carbons (Fsp3) is 0.368. The number of likely N-dealkylation sites (tertiary alicyclic amines) is 1. The van der Waals surface area contributed by atoms with Crippen molar-refractivity contribution < 1.29 is 9.75 Å². The van der Waals surface area contributed by atoms with Crippen molar-refractivity contribution in [1.82, 2.24) is 10.2 Å². The van der Waals surface area contributed by atoms with Crippen LogP contribution in [0, 0.1) is 24.5 Å². The molecule has 0 amide bonds. The van der Waals surface area contributed by atoms with Gasteiger partial charge >= 0.3 is 0 Å². The Balaban J connectivity index is 1.81. The quantitative estimate of drug-likeness (QED) is 0.511. The van der Waals surface area contributed by atoms with Gasteiger partial charge in [0.05, 0.1) is 31.9 Å². The topological polar surface area (TPSA) is 81.1 Å². The first kappa shape index (κ1) is 17.2. The minimum absolute atomic E-state index is 0.0836. The second kappa shape index (κ2) is 6.71. The van der Waals surface area contributed by atoms with E-state index in [1.165, 1.54) is 6.07 Å². The van der Waals surface area contributed by atoms with Crippen molar-refractivity contribution in [2.24, 2.45) is 0 Å². The lowest BCUT2D eigenvalue weighted by atomic mass is 10.0. The van der Waals surface area contributed by atoms with Crippen molar-refractivity contribution in [3.05, 3.63) is 40.6 Å². The Morgan fingerprint density at radius 1 is 1.36 bits per heavy atom. The van der Waals surface area contributed by atoms with Gasteiger partial charge in [0, 0.05) is 11.1 Å². The maximum atomic E-state index is 12.1. The number of aryl methyl sites for hydroxylation is 1. The van der Waals surface area contributed by atoms with Gasteiger partial charge in [-0.15, -0.1) is 16.6 Å². The Kier molecular flexibility index (Phi) is 4.62. The van der Waals surface area contributed by atoms with E-state index < -0.39 is 0 Å². The summed E-state index contributed by atoms with van der Waals surface area (Å²) >= 11 is 0. The second-order valence-electron chi connectivity index (χ2n) is 6.82. The fourth-order valence-corrected chi connectivity index (χ4v) is 3.29. The zero-order valence-corrected chi connectivity index (χ0v) is 14.5. The third-order valence-corrected chi connectivity index (χ3v) is 4.55. The van der Waals surface area contributed by atoms with Crippen LogP contribution in [0.15, 0.2) is 24.3 Å². The molecule has 0 aliphatic carbocycles. The van der Waals surface area contributed by atoms with Crippen molar-refractivity contribution in [3.63, 3.8) is 0 Å². The average molecular weight is 338 g/mol. The van der Waals surface area contributed by atoms with Gasteiger partial charge in [0.15, 0.2) is 0 Å². The van der Waals surface area contributed by atoms with Crippen molar-refractivity contribution in [2.75, 3.05) is 25.5 Å². The second-order valence-corrected chi connectivity index (χ2v) is 6.82. The van der Waals surface area contributed by atoms with E-state index in [9.17, 15) is 10.3 Å². The van der Waals surface area contributed by atoms with Crippen LogP contribution in [0.1, 0.15) is 24.0 Å². The normalized spacial score (nSPS) is 23.0. The van der Waals surface area contributed by atoms with Crippen molar-refractivity contribution >= 4 is 5.82 Å². The minimum Gasteiger partial charge on any atom is -0.633 e. The summed E-state index contributed by atoms with van der Waals surface area (Å²) < 4.78 is -0.225. The molecule has 1 aromatic heterocycles. The Labute approximate surface area is 147 Å². The average Bonchev–Trinajstić information content (AvgIpc) is 2.54. The van der Waals surface area contributed by atoms with E-state index >= 15 is 0 Å². The van der Waals surface area contributed by atoms with Crippen LogP contribution >= 0.6 is 0 Å². The number of hydrogen-bond donors (Lipinski definition) is 2. The number of phenols is 1. The number of terminal acetylenes is 1. The summed E-state index contributed by atoms with van der Waals surface area (Å²) in [7, 11) is 1.70. The summed E-state index contributed by atoms with van der Waals surface area (Å²) in [4.78, 5) is 0.